The van der Waals surface area contributed by atoms with E-state index in [1.54, 1.807) is 0 Å². The third-order valence-electron chi connectivity index (χ3n) is 5.65. The molecule has 3 atom stereocenters. The Kier molecular flexibility index (Phi) is 3.91. The number of hydrogen-bond donors (Lipinski definition) is 1. The summed E-state index contributed by atoms with van der Waals surface area (Å²) in [4.78, 5) is 14.9. The van der Waals surface area contributed by atoms with E-state index >= 15 is 0 Å². The van der Waals surface area contributed by atoms with E-state index in [2.05, 4.69) is 40.5 Å². The number of fused-ring (bicyclic) bond motifs is 1. The maximum Gasteiger partial charge on any atom is 0.220 e. The third-order valence-corrected chi connectivity index (χ3v) is 5.65. The van der Waals surface area contributed by atoms with Gasteiger partial charge >= 0.3 is 0 Å². The maximum atomic E-state index is 12.2. The van der Waals surface area contributed by atoms with Gasteiger partial charge in [0.25, 0.3) is 0 Å². The Morgan fingerprint density at radius 3 is 2.68 bits per heavy atom. The van der Waals surface area contributed by atoms with Gasteiger partial charge in [0.2, 0.25) is 5.91 Å². The smallest absolute Gasteiger partial charge is 0.220 e. The first-order valence-corrected chi connectivity index (χ1v) is 8.89. The second kappa shape index (κ2) is 6.04. The van der Waals surface area contributed by atoms with E-state index in [-0.39, 0.29) is 5.91 Å². The van der Waals surface area contributed by atoms with Gasteiger partial charge in [-0.2, -0.15) is 0 Å². The molecule has 22 heavy (non-hydrogen) atoms. The van der Waals surface area contributed by atoms with Crippen molar-refractivity contribution < 1.29 is 4.79 Å². The predicted molar refractivity (Wildman–Crippen MR) is 87.7 cm³/mol. The summed E-state index contributed by atoms with van der Waals surface area (Å²) in [5.41, 5.74) is 1.39. The second-order valence-corrected chi connectivity index (χ2v) is 7.32. The fourth-order valence-electron chi connectivity index (χ4n) is 4.31. The molecule has 4 rings (SSSR count). The molecule has 0 radical (unpaired) electrons. The molecule has 0 bridgehead atoms. The minimum atomic E-state index is 0.254. The van der Waals surface area contributed by atoms with Crippen LogP contribution in [-0.2, 0) is 4.79 Å². The molecule has 0 unspecified atom stereocenters. The van der Waals surface area contributed by atoms with Crippen molar-refractivity contribution in [1.29, 1.82) is 0 Å². The molecule has 2 heterocycles. The molecule has 1 aromatic carbocycles. The van der Waals surface area contributed by atoms with Crippen LogP contribution in [0.2, 0.25) is 0 Å². The molecule has 1 aromatic rings. The van der Waals surface area contributed by atoms with Crippen LogP contribution >= 0.6 is 0 Å². The lowest BCUT2D eigenvalue weighted by molar-refractivity contribution is -0.122. The minimum Gasteiger partial charge on any atom is -0.351 e. The summed E-state index contributed by atoms with van der Waals surface area (Å²) in [6.07, 6.45) is 6.97. The Bertz CT molecular complexity index is 525. The first-order valence-electron chi connectivity index (χ1n) is 8.89. The number of likely N-dealkylation sites (tertiary alicyclic amines) is 1. The van der Waals surface area contributed by atoms with Gasteiger partial charge in [-0.05, 0) is 37.2 Å². The molecule has 0 spiro atoms. The van der Waals surface area contributed by atoms with Gasteiger partial charge in [0, 0.05) is 31.5 Å². The summed E-state index contributed by atoms with van der Waals surface area (Å²) in [5.74, 6) is 1.62. The molecule has 1 amide bonds. The zero-order chi connectivity index (χ0) is 14.9. The Morgan fingerprint density at radius 1 is 1.09 bits per heavy atom. The van der Waals surface area contributed by atoms with Crippen LogP contribution in [0.1, 0.15) is 50.0 Å². The highest BCUT2D eigenvalue weighted by atomic mass is 16.1. The van der Waals surface area contributed by atoms with E-state index in [4.69, 9.17) is 0 Å². The number of carbonyl (C=O) groups is 1. The van der Waals surface area contributed by atoms with E-state index < -0.39 is 0 Å². The predicted octanol–water partition coefficient (Wildman–Crippen LogP) is 2.92. The summed E-state index contributed by atoms with van der Waals surface area (Å²) >= 11 is 0. The molecule has 1 saturated carbocycles. The Labute approximate surface area is 133 Å². The van der Waals surface area contributed by atoms with Crippen molar-refractivity contribution in [3.8, 4) is 0 Å². The van der Waals surface area contributed by atoms with Crippen LogP contribution in [0.25, 0.3) is 0 Å². The van der Waals surface area contributed by atoms with Gasteiger partial charge in [0.1, 0.15) is 0 Å². The van der Waals surface area contributed by atoms with Crippen LogP contribution in [0.3, 0.4) is 0 Å². The summed E-state index contributed by atoms with van der Waals surface area (Å²) in [5, 5.41) is 3.37. The molecule has 3 nitrogen and oxygen atoms in total. The first-order chi connectivity index (χ1) is 10.8. The van der Waals surface area contributed by atoms with Crippen LogP contribution in [0.15, 0.2) is 30.3 Å². The zero-order valence-corrected chi connectivity index (χ0v) is 13.2. The SMILES string of the molecule is O=C1CCCC[C@@H]2[C@@H](N1)[C@H](c1ccccc1)CN2CC1CC1. The summed E-state index contributed by atoms with van der Waals surface area (Å²) < 4.78 is 0. The fraction of sp³-hybridized carbons (Fsp3) is 0.632. The van der Waals surface area contributed by atoms with Crippen molar-refractivity contribution in [1.82, 2.24) is 10.2 Å². The third kappa shape index (κ3) is 2.91. The van der Waals surface area contributed by atoms with Gasteiger partial charge < -0.3 is 5.32 Å². The number of hydrogen-bond acceptors (Lipinski definition) is 2. The lowest BCUT2D eigenvalue weighted by Crippen LogP contribution is -2.47. The molecule has 1 N–H and O–H groups in total. The molecule has 3 fully saturated rings. The van der Waals surface area contributed by atoms with Crippen molar-refractivity contribution in [3.05, 3.63) is 35.9 Å². The lowest BCUT2D eigenvalue weighted by atomic mass is 9.88. The first kappa shape index (κ1) is 14.3. The highest BCUT2D eigenvalue weighted by molar-refractivity contribution is 5.76. The number of carbonyl (C=O) groups excluding carboxylic acids is 1. The van der Waals surface area contributed by atoms with E-state index in [1.165, 1.54) is 37.8 Å². The van der Waals surface area contributed by atoms with Crippen LogP contribution in [0, 0.1) is 5.92 Å². The summed E-state index contributed by atoms with van der Waals surface area (Å²) in [6, 6.07) is 11.6. The lowest BCUT2D eigenvalue weighted by Gasteiger charge is -2.31. The van der Waals surface area contributed by atoms with Crippen molar-refractivity contribution in [2.75, 3.05) is 13.1 Å². The van der Waals surface area contributed by atoms with Crippen LogP contribution in [0.5, 0.6) is 0 Å². The van der Waals surface area contributed by atoms with E-state index in [0.29, 0.717) is 24.4 Å². The Balaban J connectivity index is 1.60. The second-order valence-electron chi connectivity index (χ2n) is 7.32. The number of rotatable bonds is 3. The summed E-state index contributed by atoms with van der Waals surface area (Å²) in [7, 11) is 0. The van der Waals surface area contributed by atoms with Gasteiger partial charge in [-0.3, -0.25) is 9.69 Å². The van der Waals surface area contributed by atoms with Gasteiger partial charge in [-0.25, -0.2) is 0 Å². The number of nitrogens with one attached hydrogen (secondary N) is 1. The maximum absolute atomic E-state index is 12.2. The van der Waals surface area contributed by atoms with Crippen molar-refractivity contribution in [3.63, 3.8) is 0 Å². The average Bonchev–Trinajstić information content (AvgIpc) is 3.27. The van der Waals surface area contributed by atoms with Gasteiger partial charge in [0.15, 0.2) is 0 Å². The number of nitrogens with zero attached hydrogens (tertiary/aromatic N) is 1. The van der Waals surface area contributed by atoms with E-state index in [1.807, 2.05) is 0 Å². The standard InChI is InChI=1S/C19H26N2O/c22-18-9-5-4-8-17-19(20-18)16(15-6-2-1-3-7-15)13-21(17)12-14-10-11-14/h1-3,6-7,14,16-17,19H,4-5,8-13H2,(H,20,22)/t16-,17+,19-/m0/s1. The van der Waals surface area contributed by atoms with Crippen molar-refractivity contribution >= 4 is 5.91 Å². The molecular weight excluding hydrogens is 272 g/mol. The van der Waals surface area contributed by atoms with E-state index in [9.17, 15) is 4.79 Å². The molecular formula is C19H26N2O. The zero-order valence-electron chi connectivity index (χ0n) is 13.2. The monoisotopic (exact) mass is 298 g/mol. The molecule has 2 aliphatic heterocycles. The Morgan fingerprint density at radius 2 is 1.91 bits per heavy atom. The van der Waals surface area contributed by atoms with Gasteiger partial charge in [0.05, 0.1) is 6.04 Å². The summed E-state index contributed by atoms with van der Waals surface area (Å²) in [6.45, 7) is 2.34. The van der Waals surface area contributed by atoms with Gasteiger partial charge in [-0.1, -0.05) is 36.8 Å². The highest BCUT2D eigenvalue weighted by Crippen LogP contribution is 2.39. The largest absolute Gasteiger partial charge is 0.351 e. The molecule has 2 saturated heterocycles. The molecule has 0 aromatic heterocycles. The van der Waals surface area contributed by atoms with Crippen molar-refractivity contribution in [2.24, 2.45) is 5.92 Å². The Hall–Kier alpha value is -1.35. The highest BCUT2D eigenvalue weighted by Gasteiger charge is 2.44. The average molecular weight is 298 g/mol. The normalized spacial score (nSPS) is 32.9. The molecule has 3 heteroatoms. The van der Waals surface area contributed by atoms with Crippen LogP contribution in [0.4, 0.5) is 0 Å². The quantitative estimate of drug-likeness (QED) is 0.930. The fourth-order valence-corrected chi connectivity index (χ4v) is 4.31. The minimum absolute atomic E-state index is 0.254. The van der Waals surface area contributed by atoms with Crippen LogP contribution < -0.4 is 5.32 Å². The topological polar surface area (TPSA) is 32.3 Å². The molecule has 1 aliphatic carbocycles. The van der Waals surface area contributed by atoms with Crippen LogP contribution in [-0.4, -0.2) is 36.0 Å². The molecule has 3 aliphatic rings. The number of benzene rings is 1. The van der Waals surface area contributed by atoms with E-state index in [0.717, 1.165) is 18.9 Å². The number of amides is 1. The van der Waals surface area contributed by atoms with Crippen molar-refractivity contribution in [2.45, 2.75) is 56.5 Å². The van der Waals surface area contributed by atoms with Gasteiger partial charge in [-0.15, -0.1) is 0 Å². The molecule has 118 valence electrons.